The van der Waals surface area contributed by atoms with Gasteiger partial charge in [-0.05, 0) is 18.2 Å². The fraction of sp³-hybridized carbons (Fsp3) is 0.118. The average molecular weight is 395 g/mol. The monoisotopic (exact) mass is 395 g/mol. The van der Waals surface area contributed by atoms with E-state index in [0.29, 0.717) is 16.7 Å². The third kappa shape index (κ3) is 2.92. The van der Waals surface area contributed by atoms with Gasteiger partial charge in [-0.1, -0.05) is 0 Å². The number of aromatic amines is 2. The summed E-state index contributed by atoms with van der Waals surface area (Å²) in [6.07, 6.45) is 1.09. The molecule has 0 spiro atoms. The van der Waals surface area contributed by atoms with E-state index in [1.54, 1.807) is 12.1 Å². The molecule has 0 aliphatic rings. The molecule has 0 aliphatic heterocycles. The maximum atomic E-state index is 12.3. The van der Waals surface area contributed by atoms with Crippen molar-refractivity contribution in [2.45, 2.75) is 0 Å². The number of nitrogens with zero attached hydrogens (tertiary/aromatic N) is 5. The van der Waals surface area contributed by atoms with Gasteiger partial charge >= 0.3 is 11.4 Å². The minimum Gasteiger partial charge on any atom is -0.494 e. The number of H-pyrrole nitrogens is 2. The van der Waals surface area contributed by atoms with Crippen LogP contribution in [0.4, 0.5) is 5.69 Å². The number of fused-ring (bicyclic) bond motifs is 2. The summed E-state index contributed by atoms with van der Waals surface area (Å²) in [5.74, 6) is -0.611. The number of nitrogens with one attached hydrogen (secondary N) is 2. The lowest BCUT2D eigenvalue weighted by Gasteiger charge is -2.07. The SMILES string of the molecule is Cn1c(=O)c2nc3ccc(N=Cc4c(O)[nH]c(=O)[nH]c4=O)cc3nc2n(C)c1=O. The van der Waals surface area contributed by atoms with Crippen molar-refractivity contribution in [3.05, 3.63) is 65.4 Å². The van der Waals surface area contributed by atoms with Crippen molar-refractivity contribution >= 4 is 34.1 Å². The van der Waals surface area contributed by atoms with Crippen LogP contribution >= 0.6 is 0 Å². The molecule has 3 aromatic heterocycles. The average Bonchev–Trinajstić information content (AvgIpc) is 2.68. The van der Waals surface area contributed by atoms with Gasteiger partial charge in [0.15, 0.2) is 11.2 Å². The molecule has 0 unspecified atom stereocenters. The molecule has 4 aromatic rings. The summed E-state index contributed by atoms with van der Waals surface area (Å²) in [6.45, 7) is 0. The van der Waals surface area contributed by atoms with Gasteiger partial charge in [0, 0.05) is 20.3 Å². The molecule has 4 rings (SSSR count). The van der Waals surface area contributed by atoms with Crippen molar-refractivity contribution in [2.24, 2.45) is 19.1 Å². The second-order valence-corrected chi connectivity index (χ2v) is 6.20. The molecule has 0 bridgehead atoms. The van der Waals surface area contributed by atoms with Crippen molar-refractivity contribution < 1.29 is 5.11 Å². The number of hydrogen-bond acceptors (Lipinski definition) is 8. The Labute approximate surface area is 159 Å². The van der Waals surface area contributed by atoms with Crippen LogP contribution in [0.1, 0.15) is 5.56 Å². The second-order valence-electron chi connectivity index (χ2n) is 6.20. The number of aryl methyl sites for hydroxylation is 1. The number of aromatic nitrogens is 6. The van der Waals surface area contributed by atoms with E-state index in [1.807, 2.05) is 4.98 Å². The summed E-state index contributed by atoms with van der Waals surface area (Å²) in [7, 11) is 2.85. The molecule has 0 fully saturated rings. The molecule has 0 atom stereocenters. The van der Waals surface area contributed by atoms with Crippen LogP contribution in [-0.2, 0) is 14.1 Å². The van der Waals surface area contributed by atoms with Crippen LogP contribution in [-0.4, -0.2) is 40.4 Å². The highest BCUT2D eigenvalue weighted by atomic mass is 16.3. The van der Waals surface area contributed by atoms with Gasteiger partial charge in [0.2, 0.25) is 5.88 Å². The predicted molar refractivity (Wildman–Crippen MR) is 104 cm³/mol. The largest absolute Gasteiger partial charge is 0.494 e. The van der Waals surface area contributed by atoms with Gasteiger partial charge < -0.3 is 5.11 Å². The molecule has 12 heteroatoms. The van der Waals surface area contributed by atoms with Gasteiger partial charge in [-0.2, -0.15) is 0 Å². The molecule has 146 valence electrons. The lowest BCUT2D eigenvalue weighted by Crippen LogP contribution is -2.37. The van der Waals surface area contributed by atoms with Crippen molar-refractivity contribution in [3.8, 4) is 5.88 Å². The van der Waals surface area contributed by atoms with Gasteiger partial charge in [-0.15, -0.1) is 0 Å². The standard InChI is InChI=1S/C17H13N7O5/c1-23-12-11(15(27)24(2)17(23)29)19-9-4-3-7(5-10(9)20-12)18-6-8-13(25)21-16(28)22-14(8)26/h3-6H,1-2H3,(H3,21,22,25,26,28). The van der Waals surface area contributed by atoms with Crippen LogP contribution in [0.25, 0.3) is 22.2 Å². The Morgan fingerprint density at radius 3 is 2.52 bits per heavy atom. The Hall–Kier alpha value is -4.35. The van der Waals surface area contributed by atoms with Crippen LogP contribution in [0.3, 0.4) is 0 Å². The van der Waals surface area contributed by atoms with Crippen LogP contribution in [0.2, 0.25) is 0 Å². The second kappa shape index (κ2) is 6.37. The van der Waals surface area contributed by atoms with Crippen LogP contribution in [0.15, 0.2) is 42.4 Å². The van der Waals surface area contributed by atoms with E-state index in [4.69, 9.17) is 0 Å². The van der Waals surface area contributed by atoms with Crippen LogP contribution < -0.4 is 22.5 Å². The zero-order valence-corrected chi connectivity index (χ0v) is 15.1. The third-order valence-corrected chi connectivity index (χ3v) is 4.33. The summed E-state index contributed by atoms with van der Waals surface area (Å²) in [5.41, 5.74) is -1.60. The summed E-state index contributed by atoms with van der Waals surface area (Å²) in [5, 5.41) is 9.69. The van der Waals surface area contributed by atoms with Crippen molar-refractivity contribution in [3.63, 3.8) is 0 Å². The van der Waals surface area contributed by atoms with E-state index in [1.165, 1.54) is 24.7 Å². The summed E-state index contributed by atoms with van der Waals surface area (Å²) in [4.78, 5) is 64.1. The first-order valence-electron chi connectivity index (χ1n) is 8.23. The highest BCUT2D eigenvalue weighted by molar-refractivity contribution is 5.88. The van der Waals surface area contributed by atoms with Gasteiger partial charge in [0.25, 0.3) is 11.1 Å². The lowest BCUT2D eigenvalue weighted by atomic mass is 10.2. The summed E-state index contributed by atoms with van der Waals surface area (Å²) < 4.78 is 2.17. The van der Waals surface area contributed by atoms with Crippen molar-refractivity contribution in [2.75, 3.05) is 0 Å². The van der Waals surface area contributed by atoms with E-state index in [9.17, 15) is 24.3 Å². The molecule has 0 saturated carbocycles. The molecule has 12 nitrogen and oxygen atoms in total. The first-order valence-corrected chi connectivity index (χ1v) is 8.23. The van der Waals surface area contributed by atoms with Crippen LogP contribution in [0.5, 0.6) is 5.88 Å². The normalized spacial score (nSPS) is 11.7. The number of aliphatic imine (C=N–C) groups is 1. The van der Waals surface area contributed by atoms with Crippen LogP contribution in [0, 0.1) is 0 Å². The lowest BCUT2D eigenvalue weighted by molar-refractivity contribution is 0.447. The smallest absolute Gasteiger partial charge is 0.332 e. The predicted octanol–water partition coefficient (Wildman–Crippen LogP) is -0.987. The maximum absolute atomic E-state index is 12.3. The van der Waals surface area contributed by atoms with E-state index < -0.39 is 28.4 Å². The van der Waals surface area contributed by atoms with Gasteiger partial charge in [-0.25, -0.2) is 19.6 Å². The highest BCUT2D eigenvalue weighted by Gasteiger charge is 2.13. The molecule has 3 N–H and O–H groups in total. The minimum absolute atomic E-state index is 0.0584. The van der Waals surface area contributed by atoms with Gasteiger partial charge in [0.05, 0.1) is 16.7 Å². The van der Waals surface area contributed by atoms with Gasteiger partial charge in [0.1, 0.15) is 5.56 Å². The summed E-state index contributed by atoms with van der Waals surface area (Å²) >= 11 is 0. The molecule has 0 saturated heterocycles. The Bertz CT molecular complexity index is 1570. The number of aromatic hydroxyl groups is 1. The molecule has 0 amide bonds. The summed E-state index contributed by atoms with van der Waals surface area (Å²) in [6, 6.07) is 4.69. The molecular formula is C17H13N7O5. The first-order chi connectivity index (χ1) is 13.8. The Morgan fingerprint density at radius 1 is 1.03 bits per heavy atom. The maximum Gasteiger partial charge on any atom is 0.332 e. The van der Waals surface area contributed by atoms with E-state index in [2.05, 4.69) is 19.9 Å². The topological polar surface area (TPSA) is 168 Å². The van der Waals surface area contributed by atoms with E-state index >= 15 is 0 Å². The third-order valence-electron chi connectivity index (χ3n) is 4.33. The van der Waals surface area contributed by atoms with Crippen molar-refractivity contribution in [1.29, 1.82) is 0 Å². The zero-order chi connectivity index (χ0) is 20.9. The van der Waals surface area contributed by atoms with E-state index in [0.717, 1.165) is 10.8 Å². The molecule has 3 heterocycles. The van der Waals surface area contributed by atoms with Gasteiger partial charge in [-0.3, -0.25) is 33.7 Å². The Balaban J connectivity index is 1.88. The van der Waals surface area contributed by atoms with E-state index in [-0.39, 0.29) is 16.7 Å². The quantitative estimate of drug-likeness (QED) is 0.289. The molecule has 0 aliphatic carbocycles. The fourth-order valence-corrected chi connectivity index (χ4v) is 2.80. The number of benzene rings is 1. The fourth-order valence-electron chi connectivity index (χ4n) is 2.80. The Morgan fingerprint density at radius 2 is 1.79 bits per heavy atom. The molecular weight excluding hydrogens is 382 g/mol. The first kappa shape index (κ1) is 18.0. The molecule has 1 aromatic carbocycles. The minimum atomic E-state index is -0.839. The Kier molecular flexibility index (Phi) is 3.96. The molecule has 0 radical (unpaired) electrons. The molecule has 29 heavy (non-hydrogen) atoms. The van der Waals surface area contributed by atoms with Crippen molar-refractivity contribution in [1.82, 2.24) is 29.1 Å². The number of rotatable bonds is 2. The number of hydrogen-bond donors (Lipinski definition) is 3. The highest BCUT2D eigenvalue weighted by Crippen LogP contribution is 2.20. The zero-order valence-electron chi connectivity index (χ0n) is 15.1.